The van der Waals surface area contributed by atoms with E-state index in [0.29, 0.717) is 29.8 Å². The number of benzene rings is 2. The second kappa shape index (κ2) is 11.2. The lowest BCUT2D eigenvalue weighted by molar-refractivity contribution is -0.376. The van der Waals surface area contributed by atoms with Gasteiger partial charge in [0.1, 0.15) is 0 Å². The molecule has 4 nitrogen and oxygen atoms in total. The molecule has 4 N–H and O–H groups in total. The van der Waals surface area contributed by atoms with Crippen LogP contribution in [0, 0.1) is 5.41 Å². The summed E-state index contributed by atoms with van der Waals surface area (Å²) in [6, 6.07) is 9.21. The van der Waals surface area contributed by atoms with Gasteiger partial charge in [-0.15, -0.1) is 6.58 Å². The van der Waals surface area contributed by atoms with Crippen molar-refractivity contribution in [2.45, 2.75) is 51.2 Å². The third-order valence-electron chi connectivity index (χ3n) is 5.53. The summed E-state index contributed by atoms with van der Waals surface area (Å²) in [7, 11) is 0. The van der Waals surface area contributed by atoms with Crippen LogP contribution in [0.1, 0.15) is 42.5 Å². The molecule has 0 bridgehead atoms. The molecule has 2 aromatic carbocycles. The predicted octanol–water partition coefficient (Wildman–Crippen LogP) is 6.48. The number of nitrogens with zero attached hydrogens (tertiary/aromatic N) is 1. The molecule has 0 fully saturated rings. The number of anilines is 1. The van der Waals surface area contributed by atoms with Crippen LogP contribution < -0.4 is 10.6 Å². The molecule has 0 aliphatic carbocycles. The number of halogens is 6. The van der Waals surface area contributed by atoms with Gasteiger partial charge in [0.2, 0.25) is 0 Å². The Morgan fingerprint density at radius 3 is 2.08 bits per heavy atom. The SMILES string of the molecule is C=C(C)C.N=C/C(=C\N)c1ccc2c(c1)CCCN2Cc1ccc(C(O)(C(F)(F)F)C(F)(F)F)cc1. The Balaban J connectivity index is 0.00000106. The predicted molar refractivity (Wildman–Crippen MR) is 130 cm³/mol. The monoisotopic (exact) mass is 513 g/mol. The topological polar surface area (TPSA) is 73.3 Å². The highest BCUT2D eigenvalue weighted by atomic mass is 19.4. The smallest absolute Gasteiger partial charge is 0.404 e. The highest BCUT2D eigenvalue weighted by Crippen LogP contribution is 2.50. The van der Waals surface area contributed by atoms with Gasteiger partial charge >= 0.3 is 12.4 Å². The summed E-state index contributed by atoms with van der Waals surface area (Å²) in [5.41, 5.74) is 4.23. The molecule has 0 aromatic heterocycles. The van der Waals surface area contributed by atoms with Gasteiger partial charge in [0.25, 0.3) is 5.60 Å². The Morgan fingerprint density at radius 2 is 1.61 bits per heavy atom. The number of aryl methyl sites for hydroxylation is 1. The van der Waals surface area contributed by atoms with Crippen molar-refractivity contribution in [3.8, 4) is 0 Å². The third kappa shape index (κ3) is 6.29. The highest BCUT2D eigenvalue weighted by Gasteiger charge is 2.71. The number of aliphatic hydroxyl groups is 1. The quantitative estimate of drug-likeness (QED) is 0.243. The van der Waals surface area contributed by atoms with Crippen LogP contribution in [0.2, 0.25) is 0 Å². The molecule has 0 unspecified atom stereocenters. The molecule has 1 heterocycles. The number of alkyl halides is 6. The first-order valence-electron chi connectivity index (χ1n) is 11.0. The number of nitrogens with one attached hydrogen (secondary N) is 1. The van der Waals surface area contributed by atoms with Crippen LogP contribution in [0.5, 0.6) is 0 Å². The van der Waals surface area contributed by atoms with E-state index in [-0.39, 0.29) is 6.54 Å². The first-order valence-corrected chi connectivity index (χ1v) is 11.0. The molecule has 0 saturated heterocycles. The van der Waals surface area contributed by atoms with Crippen LogP contribution in [0.4, 0.5) is 32.0 Å². The minimum absolute atomic E-state index is 0.271. The summed E-state index contributed by atoms with van der Waals surface area (Å²) in [6.45, 7) is 8.43. The number of nitrogens with two attached hydrogens (primary N) is 1. The maximum Gasteiger partial charge on any atom is 0.430 e. The fraction of sp³-hybridized carbons (Fsp3) is 0.346. The Labute approximate surface area is 206 Å². The fourth-order valence-electron chi connectivity index (χ4n) is 3.81. The van der Waals surface area contributed by atoms with Gasteiger partial charge in [-0.1, -0.05) is 35.9 Å². The molecule has 10 heteroatoms. The van der Waals surface area contributed by atoms with Crippen molar-refractivity contribution in [3.63, 3.8) is 0 Å². The van der Waals surface area contributed by atoms with E-state index in [9.17, 15) is 31.4 Å². The molecule has 36 heavy (non-hydrogen) atoms. The largest absolute Gasteiger partial charge is 0.430 e. The Bertz CT molecular complexity index is 1090. The molecule has 1 aliphatic heterocycles. The van der Waals surface area contributed by atoms with E-state index < -0.39 is 23.5 Å². The van der Waals surface area contributed by atoms with Crippen LogP contribution in [0.3, 0.4) is 0 Å². The highest BCUT2D eigenvalue weighted by molar-refractivity contribution is 6.08. The first kappa shape index (κ1) is 29.0. The second-order valence-electron chi connectivity index (χ2n) is 8.74. The van der Waals surface area contributed by atoms with Gasteiger partial charge in [0, 0.05) is 42.3 Å². The van der Waals surface area contributed by atoms with E-state index >= 15 is 0 Å². The van der Waals surface area contributed by atoms with Crippen LogP contribution in [0.25, 0.3) is 5.57 Å². The second-order valence-corrected chi connectivity index (χ2v) is 8.74. The summed E-state index contributed by atoms with van der Waals surface area (Å²) in [5.74, 6) is 0. The zero-order valence-electron chi connectivity index (χ0n) is 20.0. The normalized spacial score (nSPS) is 14.5. The average molecular weight is 514 g/mol. The molecule has 0 radical (unpaired) electrons. The third-order valence-corrected chi connectivity index (χ3v) is 5.53. The molecule has 0 spiro atoms. The average Bonchev–Trinajstić information content (AvgIpc) is 2.78. The zero-order chi connectivity index (χ0) is 27.3. The van der Waals surface area contributed by atoms with Crippen LogP contribution >= 0.6 is 0 Å². The standard InChI is InChI=1S/C22H21F6N3O.C4H8/c23-21(24,25)20(32,22(26,27)28)18-6-3-14(4-7-18)13-31-9-1-2-16-10-15(5-8-19(16)31)17(11-29)12-30;1-4(2)3/h3-8,10-12,29,32H,1-2,9,13,30H2;1H2,2-3H3/b17-12+,29-11?;. The minimum Gasteiger partial charge on any atom is -0.404 e. The van der Waals surface area contributed by atoms with Crippen LogP contribution in [0.15, 0.2) is 60.8 Å². The Morgan fingerprint density at radius 1 is 1.06 bits per heavy atom. The minimum atomic E-state index is -5.91. The van der Waals surface area contributed by atoms with Gasteiger partial charge in [-0.05, 0) is 55.5 Å². The van der Waals surface area contributed by atoms with Gasteiger partial charge in [-0.2, -0.15) is 26.3 Å². The summed E-state index contributed by atoms with van der Waals surface area (Å²) in [4.78, 5) is 1.98. The lowest BCUT2D eigenvalue weighted by Gasteiger charge is -2.33. The molecule has 0 amide bonds. The number of fused-ring (bicyclic) bond motifs is 1. The van der Waals surface area contributed by atoms with Gasteiger partial charge in [-0.25, -0.2) is 0 Å². The zero-order valence-corrected chi connectivity index (χ0v) is 20.0. The number of hydrogen-bond acceptors (Lipinski definition) is 4. The molecule has 1 aliphatic rings. The van der Waals surface area contributed by atoms with Crippen molar-refractivity contribution in [1.29, 1.82) is 5.41 Å². The van der Waals surface area contributed by atoms with Crippen molar-refractivity contribution < 1.29 is 31.4 Å². The molecule has 0 saturated carbocycles. The lowest BCUT2D eigenvalue weighted by atomic mass is 9.91. The molecule has 196 valence electrons. The van der Waals surface area contributed by atoms with Crippen molar-refractivity contribution in [1.82, 2.24) is 0 Å². The molecule has 2 aromatic rings. The van der Waals surface area contributed by atoms with Crippen molar-refractivity contribution in [2.24, 2.45) is 5.73 Å². The molecular formula is C26H29F6N3O. The van der Waals surface area contributed by atoms with Crippen molar-refractivity contribution in [3.05, 3.63) is 83.1 Å². The summed E-state index contributed by atoms with van der Waals surface area (Å²) < 4.78 is 78.4. The molecule has 0 atom stereocenters. The van der Waals surface area contributed by atoms with Crippen molar-refractivity contribution >= 4 is 17.5 Å². The van der Waals surface area contributed by atoms with E-state index in [2.05, 4.69) is 6.58 Å². The maximum absolute atomic E-state index is 13.1. The number of allylic oxidation sites excluding steroid dienone is 2. The van der Waals surface area contributed by atoms with Gasteiger partial charge in [0.15, 0.2) is 0 Å². The van der Waals surface area contributed by atoms with Gasteiger partial charge in [-0.3, -0.25) is 0 Å². The summed E-state index contributed by atoms with van der Waals surface area (Å²) in [5, 5.41) is 16.9. The first-order chi connectivity index (χ1) is 16.7. The van der Waals surface area contributed by atoms with Crippen molar-refractivity contribution in [2.75, 3.05) is 11.4 Å². The van der Waals surface area contributed by atoms with E-state index in [0.717, 1.165) is 48.0 Å². The fourth-order valence-corrected chi connectivity index (χ4v) is 3.81. The Hall–Kier alpha value is -3.27. The maximum atomic E-state index is 13.1. The van der Waals surface area contributed by atoms with Gasteiger partial charge in [0.05, 0.1) is 0 Å². The molecule has 3 rings (SSSR count). The lowest BCUT2D eigenvalue weighted by Crippen LogP contribution is -2.53. The summed E-state index contributed by atoms with van der Waals surface area (Å²) >= 11 is 0. The molecular weight excluding hydrogens is 484 g/mol. The number of hydrogen-bond donors (Lipinski definition) is 3. The Kier molecular flexibility index (Phi) is 9.01. The number of rotatable bonds is 5. The van der Waals surface area contributed by atoms with Crippen LogP contribution in [-0.2, 0) is 18.6 Å². The van der Waals surface area contributed by atoms with Crippen LogP contribution in [-0.4, -0.2) is 30.2 Å². The van der Waals surface area contributed by atoms with E-state index in [4.69, 9.17) is 11.1 Å². The van der Waals surface area contributed by atoms with Gasteiger partial charge < -0.3 is 21.1 Å². The van der Waals surface area contributed by atoms with E-state index in [1.54, 1.807) is 6.07 Å². The summed E-state index contributed by atoms with van der Waals surface area (Å²) in [6.07, 6.45) is -7.75. The van der Waals surface area contributed by atoms with E-state index in [1.807, 2.05) is 30.9 Å². The van der Waals surface area contributed by atoms with E-state index in [1.165, 1.54) is 11.8 Å².